The smallest absolute Gasteiger partial charge is 0.160 e. The fourth-order valence-corrected chi connectivity index (χ4v) is 2.56. The normalized spacial score (nSPS) is 23.8. The zero-order valence-electron chi connectivity index (χ0n) is 11.8. The summed E-state index contributed by atoms with van der Waals surface area (Å²) < 4.78 is 5.02. The molecule has 1 aliphatic rings. The van der Waals surface area contributed by atoms with Gasteiger partial charge in [-0.15, -0.1) is 0 Å². The molecule has 1 fully saturated rings. The van der Waals surface area contributed by atoms with Crippen molar-refractivity contribution in [2.75, 3.05) is 7.11 Å². The molecule has 4 heteroatoms. The SMILES string of the molecule is COc1ccc(/C=N/N2C(C)CCCC2C)cc1O. The van der Waals surface area contributed by atoms with Crippen LogP contribution in [0.2, 0.25) is 0 Å². The Labute approximate surface area is 114 Å². The van der Waals surface area contributed by atoms with Gasteiger partial charge in [0.2, 0.25) is 0 Å². The van der Waals surface area contributed by atoms with Gasteiger partial charge >= 0.3 is 0 Å². The first-order valence-electron chi connectivity index (χ1n) is 6.81. The molecule has 0 radical (unpaired) electrons. The first kappa shape index (κ1) is 13.7. The summed E-state index contributed by atoms with van der Waals surface area (Å²) in [5.41, 5.74) is 0.878. The molecule has 0 spiro atoms. The van der Waals surface area contributed by atoms with Gasteiger partial charge in [-0.1, -0.05) is 0 Å². The van der Waals surface area contributed by atoms with E-state index in [4.69, 9.17) is 4.74 Å². The molecule has 0 aliphatic carbocycles. The Bertz CT molecular complexity index is 449. The molecule has 0 saturated carbocycles. The van der Waals surface area contributed by atoms with E-state index in [9.17, 15) is 5.11 Å². The Morgan fingerprint density at radius 3 is 2.58 bits per heavy atom. The van der Waals surface area contributed by atoms with Crippen LogP contribution in [0.1, 0.15) is 38.7 Å². The van der Waals surface area contributed by atoms with Gasteiger partial charge in [0, 0.05) is 12.1 Å². The van der Waals surface area contributed by atoms with Crippen LogP contribution in [0.4, 0.5) is 0 Å². The number of aromatic hydroxyl groups is 1. The highest BCUT2D eigenvalue weighted by molar-refractivity contribution is 5.80. The van der Waals surface area contributed by atoms with Crippen molar-refractivity contribution in [3.63, 3.8) is 0 Å². The number of benzene rings is 1. The highest BCUT2D eigenvalue weighted by Crippen LogP contribution is 2.26. The van der Waals surface area contributed by atoms with Gasteiger partial charge in [0.15, 0.2) is 11.5 Å². The number of ether oxygens (including phenoxy) is 1. The van der Waals surface area contributed by atoms with Crippen molar-refractivity contribution in [3.05, 3.63) is 23.8 Å². The molecule has 1 heterocycles. The Kier molecular flexibility index (Phi) is 4.30. The van der Waals surface area contributed by atoms with Gasteiger partial charge < -0.3 is 9.84 Å². The summed E-state index contributed by atoms with van der Waals surface area (Å²) in [5.74, 6) is 0.628. The van der Waals surface area contributed by atoms with E-state index in [0.29, 0.717) is 17.8 Å². The van der Waals surface area contributed by atoms with Crippen LogP contribution in [0.5, 0.6) is 11.5 Å². The third-order valence-electron chi connectivity index (χ3n) is 3.69. The van der Waals surface area contributed by atoms with Crippen LogP contribution in [-0.4, -0.2) is 35.5 Å². The van der Waals surface area contributed by atoms with Crippen molar-refractivity contribution < 1.29 is 9.84 Å². The molecule has 1 aromatic rings. The number of rotatable bonds is 3. The third kappa shape index (κ3) is 3.19. The van der Waals surface area contributed by atoms with Crippen molar-refractivity contribution >= 4 is 6.21 Å². The van der Waals surface area contributed by atoms with Crippen LogP contribution in [0.3, 0.4) is 0 Å². The molecule has 1 aliphatic heterocycles. The lowest BCUT2D eigenvalue weighted by atomic mass is 10.00. The minimum Gasteiger partial charge on any atom is -0.504 e. The number of hydrogen-bond acceptors (Lipinski definition) is 4. The number of nitrogens with zero attached hydrogens (tertiary/aromatic N) is 2. The van der Waals surface area contributed by atoms with E-state index in [1.54, 1.807) is 25.5 Å². The fourth-order valence-electron chi connectivity index (χ4n) is 2.56. The van der Waals surface area contributed by atoms with Crippen molar-refractivity contribution in [2.45, 2.75) is 45.2 Å². The van der Waals surface area contributed by atoms with Crippen molar-refractivity contribution in [3.8, 4) is 11.5 Å². The zero-order valence-corrected chi connectivity index (χ0v) is 11.8. The summed E-state index contributed by atoms with van der Waals surface area (Å²) >= 11 is 0. The van der Waals surface area contributed by atoms with Crippen LogP contribution < -0.4 is 4.74 Å². The van der Waals surface area contributed by atoms with Gasteiger partial charge in [0.05, 0.1) is 13.3 Å². The summed E-state index contributed by atoms with van der Waals surface area (Å²) in [6.45, 7) is 4.41. The summed E-state index contributed by atoms with van der Waals surface area (Å²) in [5, 5.41) is 16.5. The molecule has 2 atom stereocenters. The Morgan fingerprint density at radius 2 is 2.00 bits per heavy atom. The van der Waals surface area contributed by atoms with Crippen LogP contribution in [-0.2, 0) is 0 Å². The Hall–Kier alpha value is -1.71. The van der Waals surface area contributed by atoms with E-state index in [1.807, 2.05) is 6.07 Å². The third-order valence-corrected chi connectivity index (χ3v) is 3.69. The second-order valence-corrected chi connectivity index (χ2v) is 5.18. The first-order chi connectivity index (χ1) is 9.11. The minimum atomic E-state index is 0.145. The summed E-state index contributed by atoms with van der Waals surface area (Å²) in [6.07, 6.45) is 5.46. The molecule has 1 aromatic carbocycles. The average molecular weight is 262 g/mol. The Morgan fingerprint density at radius 1 is 1.32 bits per heavy atom. The number of hydrogen-bond donors (Lipinski definition) is 1. The zero-order chi connectivity index (χ0) is 13.8. The maximum Gasteiger partial charge on any atom is 0.160 e. The van der Waals surface area contributed by atoms with E-state index < -0.39 is 0 Å². The van der Waals surface area contributed by atoms with Crippen LogP contribution in [0.25, 0.3) is 0 Å². The average Bonchev–Trinajstić information content (AvgIpc) is 2.38. The van der Waals surface area contributed by atoms with E-state index in [1.165, 1.54) is 19.3 Å². The Balaban J connectivity index is 2.11. The molecule has 0 amide bonds. The van der Waals surface area contributed by atoms with Gasteiger partial charge in [-0.05, 0) is 56.9 Å². The quantitative estimate of drug-likeness (QED) is 0.852. The first-order valence-corrected chi connectivity index (χ1v) is 6.81. The van der Waals surface area contributed by atoms with Crippen LogP contribution in [0, 0.1) is 0 Å². The number of piperidine rings is 1. The van der Waals surface area contributed by atoms with Gasteiger partial charge in [-0.3, -0.25) is 5.01 Å². The van der Waals surface area contributed by atoms with Crippen LogP contribution in [0.15, 0.2) is 23.3 Å². The molecular formula is C15H22N2O2. The molecular weight excluding hydrogens is 240 g/mol. The highest BCUT2D eigenvalue weighted by Gasteiger charge is 2.22. The van der Waals surface area contributed by atoms with Crippen molar-refractivity contribution in [1.29, 1.82) is 0 Å². The van der Waals surface area contributed by atoms with Gasteiger partial charge in [0.1, 0.15) is 0 Å². The monoisotopic (exact) mass is 262 g/mol. The molecule has 0 bridgehead atoms. The van der Waals surface area contributed by atoms with E-state index >= 15 is 0 Å². The molecule has 2 rings (SSSR count). The molecule has 19 heavy (non-hydrogen) atoms. The number of methoxy groups -OCH3 is 1. The molecule has 2 unspecified atom stereocenters. The predicted molar refractivity (Wildman–Crippen MR) is 76.9 cm³/mol. The van der Waals surface area contributed by atoms with Gasteiger partial charge in [0.25, 0.3) is 0 Å². The molecule has 4 nitrogen and oxygen atoms in total. The topological polar surface area (TPSA) is 45.1 Å². The minimum absolute atomic E-state index is 0.145. The predicted octanol–water partition coefficient (Wildman–Crippen LogP) is 3.00. The lowest BCUT2D eigenvalue weighted by Crippen LogP contribution is -2.39. The van der Waals surface area contributed by atoms with E-state index in [0.717, 1.165) is 5.56 Å². The lowest BCUT2D eigenvalue weighted by molar-refractivity contribution is 0.109. The highest BCUT2D eigenvalue weighted by atomic mass is 16.5. The standard InChI is InChI=1S/C15H22N2O2/c1-11-5-4-6-12(2)17(11)16-10-13-7-8-15(19-3)14(18)9-13/h7-12,18H,4-6H2,1-3H3/b16-10+. The van der Waals surface area contributed by atoms with Gasteiger partial charge in [-0.2, -0.15) is 5.10 Å². The number of phenolic OH excluding ortho intramolecular Hbond substituents is 1. The van der Waals surface area contributed by atoms with Crippen LogP contribution >= 0.6 is 0 Å². The second kappa shape index (κ2) is 5.95. The molecule has 1 N–H and O–H groups in total. The maximum absolute atomic E-state index is 9.73. The summed E-state index contributed by atoms with van der Waals surface area (Å²) in [7, 11) is 1.54. The summed E-state index contributed by atoms with van der Waals surface area (Å²) in [6, 6.07) is 6.27. The maximum atomic E-state index is 9.73. The summed E-state index contributed by atoms with van der Waals surface area (Å²) in [4.78, 5) is 0. The largest absolute Gasteiger partial charge is 0.504 e. The van der Waals surface area contributed by atoms with Crippen molar-refractivity contribution in [1.82, 2.24) is 5.01 Å². The van der Waals surface area contributed by atoms with E-state index in [-0.39, 0.29) is 5.75 Å². The van der Waals surface area contributed by atoms with E-state index in [2.05, 4.69) is 24.0 Å². The number of hydrazone groups is 1. The molecule has 0 aromatic heterocycles. The molecule has 104 valence electrons. The van der Waals surface area contributed by atoms with Crippen molar-refractivity contribution in [2.24, 2.45) is 5.10 Å². The molecule has 1 saturated heterocycles. The second-order valence-electron chi connectivity index (χ2n) is 5.18. The fraction of sp³-hybridized carbons (Fsp3) is 0.533. The lowest BCUT2D eigenvalue weighted by Gasteiger charge is -2.36. The van der Waals surface area contributed by atoms with Gasteiger partial charge in [-0.25, -0.2) is 0 Å². The number of phenols is 1.